The highest BCUT2D eigenvalue weighted by Gasteiger charge is 2.26. The average Bonchev–Trinajstić information content (AvgIpc) is 2.85. The summed E-state index contributed by atoms with van der Waals surface area (Å²) in [5, 5.41) is 2.92. The fraction of sp³-hybridized carbons (Fsp3) is 0.438. The molecule has 1 fully saturated rings. The van der Waals surface area contributed by atoms with E-state index in [1.807, 2.05) is 18.7 Å². The molecule has 120 valence electrons. The lowest BCUT2D eigenvalue weighted by molar-refractivity contribution is -0.117. The van der Waals surface area contributed by atoms with Crippen LogP contribution in [0.1, 0.15) is 20.3 Å². The summed E-state index contributed by atoms with van der Waals surface area (Å²) in [6, 6.07) is 6.71. The van der Waals surface area contributed by atoms with Gasteiger partial charge < -0.3 is 15.0 Å². The van der Waals surface area contributed by atoms with Crippen molar-refractivity contribution in [3.63, 3.8) is 0 Å². The number of para-hydroxylation sites is 2. The maximum Gasteiger partial charge on any atom is 0.387 e. The first-order valence-electron chi connectivity index (χ1n) is 7.20. The molecular weight excluding hydrogens is 290 g/mol. The van der Waals surface area contributed by atoms with Crippen LogP contribution >= 0.6 is 0 Å². The predicted octanol–water partition coefficient (Wildman–Crippen LogP) is 2.95. The highest BCUT2D eigenvalue weighted by atomic mass is 19.3. The number of carbonyl (C=O) groups excluding carboxylic acids is 1. The summed E-state index contributed by atoms with van der Waals surface area (Å²) in [5.41, 5.74) is 1.56. The molecule has 1 unspecified atom stereocenters. The van der Waals surface area contributed by atoms with Crippen LogP contribution in [0.5, 0.6) is 5.75 Å². The Morgan fingerprint density at radius 2 is 2.14 bits per heavy atom. The minimum Gasteiger partial charge on any atom is -0.433 e. The van der Waals surface area contributed by atoms with Crippen molar-refractivity contribution in [3.05, 3.63) is 35.9 Å². The van der Waals surface area contributed by atoms with Gasteiger partial charge in [-0.15, -0.1) is 0 Å². The molecule has 1 saturated heterocycles. The van der Waals surface area contributed by atoms with Crippen LogP contribution < -0.4 is 15.0 Å². The maximum absolute atomic E-state index is 12.5. The number of anilines is 1. The van der Waals surface area contributed by atoms with Crippen LogP contribution in [0.15, 0.2) is 35.9 Å². The van der Waals surface area contributed by atoms with Crippen molar-refractivity contribution < 1.29 is 18.3 Å². The van der Waals surface area contributed by atoms with Crippen molar-refractivity contribution in [2.24, 2.45) is 0 Å². The lowest BCUT2D eigenvalue weighted by Crippen LogP contribution is -2.36. The molecule has 1 amide bonds. The maximum atomic E-state index is 12.5. The topological polar surface area (TPSA) is 41.6 Å². The number of hydrogen-bond donors (Lipinski definition) is 1. The number of benzene rings is 1. The van der Waals surface area contributed by atoms with E-state index in [0.29, 0.717) is 18.8 Å². The van der Waals surface area contributed by atoms with Crippen molar-refractivity contribution in [2.45, 2.75) is 32.9 Å². The molecule has 2 rings (SSSR count). The first kappa shape index (κ1) is 16.3. The van der Waals surface area contributed by atoms with Gasteiger partial charge in [0.2, 0.25) is 5.91 Å². The van der Waals surface area contributed by atoms with E-state index in [9.17, 15) is 13.6 Å². The van der Waals surface area contributed by atoms with E-state index in [4.69, 9.17) is 0 Å². The fourth-order valence-electron chi connectivity index (χ4n) is 2.52. The number of nitrogens with zero attached hydrogens (tertiary/aromatic N) is 1. The molecule has 6 heteroatoms. The van der Waals surface area contributed by atoms with Crippen LogP contribution in [0.2, 0.25) is 0 Å². The molecule has 1 aliphatic heterocycles. The van der Waals surface area contributed by atoms with E-state index < -0.39 is 6.61 Å². The van der Waals surface area contributed by atoms with E-state index >= 15 is 0 Å². The number of carbonyl (C=O) groups is 1. The number of amides is 1. The minimum atomic E-state index is -2.85. The first-order chi connectivity index (χ1) is 10.5. The van der Waals surface area contributed by atoms with Crippen molar-refractivity contribution in [1.82, 2.24) is 5.32 Å². The quantitative estimate of drug-likeness (QED) is 0.850. The van der Waals surface area contributed by atoms with Crippen LogP contribution in [-0.2, 0) is 4.79 Å². The third-order valence-electron chi connectivity index (χ3n) is 3.38. The molecular formula is C16H20F2N2O2. The van der Waals surface area contributed by atoms with Crippen molar-refractivity contribution in [3.8, 4) is 5.75 Å². The molecule has 1 N–H and O–H groups in total. The molecule has 0 bridgehead atoms. The van der Waals surface area contributed by atoms with Gasteiger partial charge in [0.1, 0.15) is 5.75 Å². The number of halogens is 2. The zero-order chi connectivity index (χ0) is 16.1. The summed E-state index contributed by atoms with van der Waals surface area (Å²) in [4.78, 5) is 13.7. The van der Waals surface area contributed by atoms with Crippen LogP contribution in [0.3, 0.4) is 0 Å². The number of nitrogens with one attached hydrogen (secondary N) is 1. The number of alkyl halides is 2. The number of allylic oxidation sites excluding steroid dienone is 1. The molecule has 22 heavy (non-hydrogen) atoms. The van der Waals surface area contributed by atoms with Gasteiger partial charge in [-0.1, -0.05) is 17.7 Å². The Bertz CT molecular complexity index is 557. The SMILES string of the molecule is CC(C)=CC(=O)NC1CCN(c2ccccc2OC(F)F)C1. The summed E-state index contributed by atoms with van der Waals surface area (Å²) in [7, 11) is 0. The average molecular weight is 310 g/mol. The van der Waals surface area contributed by atoms with Gasteiger partial charge in [0.25, 0.3) is 0 Å². The molecule has 0 aromatic heterocycles. The summed E-state index contributed by atoms with van der Waals surface area (Å²) in [6.07, 6.45) is 2.32. The molecule has 1 aromatic rings. The van der Waals surface area contributed by atoms with Crippen LogP contribution in [0.4, 0.5) is 14.5 Å². The van der Waals surface area contributed by atoms with Crippen LogP contribution in [-0.4, -0.2) is 31.7 Å². The number of rotatable bonds is 5. The van der Waals surface area contributed by atoms with Crippen LogP contribution in [0.25, 0.3) is 0 Å². The highest BCUT2D eigenvalue weighted by molar-refractivity contribution is 5.88. The Kier molecular flexibility index (Phi) is 5.35. The van der Waals surface area contributed by atoms with Gasteiger partial charge in [0, 0.05) is 25.2 Å². The van der Waals surface area contributed by atoms with E-state index in [2.05, 4.69) is 10.1 Å². The van der Waals surface area contributed by atoms with Gasteiger partial charge in [-0.3, -0.25) is 4.79 Å². The minimum absolute atomic E-state index is 0.00251. The van der Waals surface area contributed by atoms with E-state index in [1.165, 1.54) is 6.07 Å². The third-order valence-corrected chi connectivity index (χ3v) is 3.38. The van der Waals surface area contributed by atoms with E-state index in [0.717, 1.165) is 12.0 Å². The molecule has 0 aliphatic carbocycles. The van der Waals surface area contributed by atoms with Gasteiger partial charge in [0.15, 0.2) is 0 Å². The predicted molar refractivity (Wildman–Crippen MR) is 81.3 cm³/mol. The summed E-state index contributed by atoms with van der Waals surface area (Å²) < 4.78 is 29.5. The third kappa shape index (κ3) is 4.44. The second-order valence-corrected chi connectivity index (χ2v) is 5.51. The molecule has 1 atom stereocenters. The lowest BCUT2D eigenvalue weighted by Gasteiger charge is -2.21. The number of ether oxygens (including phenoxy) is 1. The molecule has 0 radical (unpaired) electrons. The van der Waals surface area contributed by atoms with E-state index in [1.54, 1.807) is 24.3 Å². The van der Waals surface area contributed by atoms with Gasteiger partial charge in [-0.25, -0.2) is 0 Å². The van der Waals surface area contributed by atoms with Crippen molar-refractivity contribution in [1.29, 1.82) is 0 Å². The molecule has 1 aliphatic rings. The second-order valence-electron chi connectivity index (χ2n) is 5.51. The smallest absolute Gasteiger partial charge is 0.387 e. The monoisotopic (exact) mass is 310 g/mol. The van der Waals surface area contributed by atoms with Crippen molar-refractivity contribution in [2.75, 3.05) is 18.0 Å². The Morgan fingerprint density at radius 3 is 2.82 bits per heavy atom. The Labute approximate surface area is 128 Å². The van der Waals surface area contributed by atoms with E-state index in [-0.39, 0.29) is 17.7 Å². The van der Waals surface area contributed by atoms with Crippen LogP contribution in [0, 0.1) is 0 Å². The largest absolute Gasteiger partial charge is 0.433 e. The van der Waals surface area contributed by atoms with Gasteiger partial charge in [-0.2, -0.15) is 8.78 Å². The molecule has 1 aromatic carbocycles. The highest BCUT2D eigenvalue weighted by Crippen LogP contribution is 2.31. The first-order valence-corrected chi connectivity index (χ1v) is 7.20. The zero-order valence-electron chi connectivity index (χ0n) is 12.7. The summed E-state index contributed by atoms with van der Waals surface area (Å²) in [5.74, 6) is 0.0396. The lowest BCUT2D eigenvalue weighted by atomic mass is 10.2. The van der Waals surface area contributed by atoms with Gasteiger partial charge >= 0.3 is 6.61 Å². The van der Waals surface area contributed by atoms with Gasteiger partial charge in [-0.05, 0) is 32.4 Å². The normalized spacial score (nSPS) is 17.5. The molecule has 0 saturated carbocycles. The van der Waals surface area contributed by atoms with Gasteiger partial charge in [0.05, 0.1) is 5.69 Å². The van der Waals surface area contributed by atoms with Crippen molar-refractivity contribution >= 4 is 11.6 Å². The fourth-order valence-corrected chi connectivity index (χ4v) is 2.52. The Morgan fingerprint density at radius 1 is 1.41 bits per heavy atom. The Balaban J connectivity index is 2.01. The standard InChI is InChI=1S/C16H20F2N2O2/c1-11(2)9-15(21)19-12-7-8-20(10-12)13-5-3-4-6-14(13)22-16(17)18/h3-6,9,12,16H,7-8,10H2,1-2H3,(H,19,21). The number of hydrogen-bond acceptors (Lipinski definition) is 3. The molecule has 0 spiro atoms. The summed E-state index contributed by atoms with van der Waals surface area (Å²) >= 11 is 0. The molecule has 4 nitrogen and oxygen atoms in total. The zero-order valence-corrected chi connectivity index (χ0v) is 12.7. The summed E-state index contributed by atoms with van der Waals surface area (Å²) in [6.45, 7) is 2.13. The second kappa shape index (κ2) is 7.24. The Hall–Kier alpha value is -2.11. The molecule has 1 heterocycles.